The van der Waals surface area contributed by atoms with Crippen LogP contribution in [0.5, 0.6) is 0 Å². The van der Waals surface area contributed by atoms with Crippen LogP contribution < -0.4 is 24.8 Å². The van der Waals surface area contributed by atoms with Gasteiger partial charge in [0, 0.05) is 0 Å². The maximum absolute atomic E-state index is 5.17. The molecular weight excluding hydrogens is 573 g/mol. The third-order valence-corrected chi connectivity index (χ3v) is 7.60. The molecule has 0 atom stereocenters. The normalized spacial score (nSPS) is 15.8. The van der Waals surface area contributed by atoms with E-state index >= 15 is 0 Å². The van der Waals surface area contributed by atoms with Crippen molar-refractivity contribution in [3.05, 3.63) is 66.7 Å². The van der Waals surface area contributed by atoms with Gasteiger partial charge in [-0.3, -0.25) is 9.80 Å². The van der Waals surface area contributed by atoms with Crippen LogP contribution in [0.15, 0.2) is 66.7 Å². The molecule has 0 unspecified atom stereocenters. The van der Waals surface area contributed by atoms with Crippen molar-refractivity contribution in [3.63, 3.8) is 0 Å². The summed E-state index contributed by atoms with van der Waals surface area (Å²) in [4.78, 5) is 20.3. The first-order valence-corrected chi connectivity index (χ1v) is 13.2. The number of nitrogens with zero attached hydrogens (tertiary/aromatic N) is 7. The summed E-state index contributed by atoms with van der Waals surface area (Å²) in [5.41, 5.74) is 6.13. The number of pyridine rings is 1. The fourth-order valence-corrected chi connectivity index (χ4v) is 5.76. The van der Waals surface area contributed by atoms with Crippen LogP contribution in [0.1, 0.15) is 25.7 Å². The molecule has 2 aliphatic heterocycles. The average molecular weight is 604 g/mol. The van der Waals surface area contributed by atoms with Crippen LogP contribution in [-0.4, -0.2) is 60.1 Å². The van der Waals surface area contributed by atoms with Crippen LogP contribution in [0.2, 0.25) is 0 Å². The van der Waals surface area contributed by atoms with Gasteiger partial charge in [0.15, 0.2) is 11.6 Å². The number of hydrogen-bond acceptors (Lipinski definition) is 5. The molecule has 5 aromatic rings. The van der Waals surface area contributed by atoms with Crippen molar-refractivity contribution in [1.82, 2.24) is 33.9 Å². The Labute approximate surface area is 251 Å². The molecule has 10 heteroatoms. The van der Waals surface area contributed by atoms with Crippen molar-refractivity contribution in [3.8, 4) is 23.0 Å². The average Bonchev–Trinajstić information content (AvgIpc) is 3.73. The van der Waals surface area contributed by atoms with E-state index < -0.39 is 0 Å². The maximum Gasteiger partial charge on any atom is 2.00 e. The zero-order chi connectivity index (χ0) is 23.9. The van der Waals surface area contributed by atoms with E-state index in [2.05, 4.69) is 85.7 Å². The van der Waals surface area contributed by atoms with Crippen LogP contribution in [0.4, 0.5) is 0 Å². The van der Waals surface area contributed by atoms with E-state index in [0.717, 1.165) is 84.6 Å². The predicted molar refractivity (Wildman–Crippen MR) is 143 cm³/mol. The van der Waals surface area contributed by atoms with E-state index in [0.29, 0.717) is 0 Å². The molecule has 7 nitrogen and oxygen atoms in total. The molecule has 5 heterocycles. The van der Waals surface area contributed by atoms with Gasteiger partial charge in [0.05, 0.1) is 35.4 Å². The Kier molecular flexibility index (Phi) is 9.70. The van der Waals surface area contributed by atoms with Crippen molar-refractivity contribution in [1.29, 1.82) is 0 Å². The topological polar surface area (TPSA) is 55.0 Å². The molecule has 2 aromatic carbocycles. The van der Waals surface area contributed by atoms with Crippen LogP contribution >= 0.6 is 0 Å². The number of rotatable bonds is 6. The fourth-order valence-electron chi connectivity index (χ4n) is 5.76. The van der Waals surface area contributed by atoms with E-state index in [4.69, 9.17) is 15.0 Å². The van der Waals surface area contributed by atoms with Gasteiger partial charge in [0.25, 0.3) is 0 Å². The molecule has 2 saturated heterocycles. The van der Waals surface area contributed by atoms with Gasteiger partial charge in [-0.15, -0.1) is 0 Å². The van der Waals surface area contributed by atoms with Gasteiger partial charge in [0.1, 0.15) is 11.4 Å². The first-order chi connectivity index (χ1) is 17.8. The number of benzene rings is 2. The third kappa shape index (κ3) is 5.73. The molecule has 3 aromatic heterocycles. The summed E-state index contributed by atoms with van der Waals surface area (Å²) in [7, 11) is 0. The second-order valence-electron chi connectivity index (χ2n) is 10.0. The van der Waals surface area contributed by atoms with E-state index in [9.17, 15) is 0 Å². The molecule has 0 saturated carbocycles. The van der Waals surface area contributed by atoms with Crippen LogP contribution in [0.3, 0.4) is 0 Å². The van der Waals surface area contributed by atoms with Crippen molar-refractivity contribution < 1.29 is 41.9 Å². The third-order valence-electron chi connectivity index (χ3n) is 7.60. The Morgan fingerprint density at radius 2 is 0.923 bits per heavy atom. The molecule has 0 bridgehead atoms. The molecule has 7 rings (SSSR count). The van der Waals surface area contributed by atoms with Crippen LogP contribution in [0.25, 0.3) is 45.1 Å². The summed E-state index contributed by atoms with van der Waals surface area (Å²) in [5, 5.41) is 0. The van der Waals surface area contributed by atoms with Gasteiger partial charge < -0.3 is 33.9 Å². The van der Waals surface area contributed by atoms with Crippen molar-refractivity contribution in [2.24, 2.45) is 0 Å². The molecule has 0 N–H and O–H groups in total. The number of likely N-dealkylation sites (tertiary alicyclic amines) is 2. The minimum Gasteiger partial charge on any atom is -1.00 e. The van der Waals surface area contributed by atoms with Gasteiger partial charge in [-0.1, -0.05) is 30.3 Å². The van der Waals surface area contributed by atoms with E-state index in [1.54, 1.807) is 0 Å². The minimum atomic E-state index is 0. The number of fused-ring (bicyclic) bond motifs is 2. The zero-order valence-corrected chi connectivity index (χ0v) is 24.3. The summed E-state index contributed by atoms with van der Waals surface area (Å²) in [6, 6.07) is 23.1. The summed E-state index contributed by atoms with van der Waals surface area (Å²) < 4.78 is 4.67. The van der Waals surface area contributed by atoms with Gasteiger partial charge in [-0.2, -0.15) is 0 Å². The minimum absolute atomic E-state index is 0. The summed E-state index contributed by atoms with van der Waals surface area (Å²) in [5.74, 6) is 1.85. The van der Waals surface area contributed by atoms with Gasteiger partial charge in [-0.05, 0) is 88.3 Å². The van der Waals surface area contributed by atoms with E-state index in [1.807, 2.05) is 0 Å². The zero-order valence-electron chi connectivity index (χ0n) is 21.7. The van der Waals surface area contributed by atoms with E-state index in [1.165, 1.54) is 25.7 Å². The fraction of sp³-hybridized carbons (Fsp3) is 0.345. The van der Waals surface area contributed by atoms with Crippen molar-refractivity contribution >= 4 is 22.1 Å². The van der Waals surface area contributed by atoms with Crippen molar-refractivity contribution in [2.45, 2.75) is 39.0 Å². The predicted octanol–water partition coefficient (Wildman–Crippen LogP) is -0.773. The first-order valence-electron chi connectivity index (χ1n) is 13.2. The summed E-state index contributed by atoms with van der Waals surface area (Å²) in [6.45, 7) is 6.24. The Bertz CT molecular complexity index is 1430. The molecule has 2 aliphatic rings. The molecule has 204 valence electrons. The van der Waals surface area contributed by atoms with E-state index in [-0.39, 0.29) is 41.9 Å². The van der Waals surface area contributed by atoms with Crippen LogP contribution in [-0.2, 0) is 30.4 Å². The Balaban J connectivity index is 0.00000118. The molecule has 0 amide bonds. The molecule has 0 aliphatic carbocycles. The number of imidazole rings is 2. The number of halogens is 2. The largest absolute Gasteiger partial charge is 2.00 e. The number of aromatic nitrogens is 5. The summed E-state index contributed by atoms with van der Waals surface area (Å²) >= 11 is 0. The van der Waals surface area contributed by atoms with Gasteiger partial charge in [-0.25, -0.2) is 15.0 Å². The molecule has 2 fully saturated rings. The SMILES string of the molecule is [Cl-].[Cl-].[Fe+2].c1cc(-c2nc3ccccc3n2CN2CCCC2)nc(-c2nc3ccccc3n2CN2CCCC2)c1. The maximum atomic E-state index is 5.17. The Morgan fingerprint density at radius 1 is 0.513 bits per heavy atom. The second kappa shape index (κ2) is 12.8. The molecule has 39 heavy (non-hydrogen) atoms. The monoisotopic (exact) mass is 603 g/mol. The first kappa shape index (κ1) is 29.5. The molecule has 0 radical (unpaired) electrons. The second-order valence-corrected chi connectivity index (χ2v) is 10.0. The Morgan fingerprint density at radius 3 is 1.36 bits per heavy atom. The Hall–Kier alpha value is -2.45. The molecule has 0 spiro atoms. The summed E-state index contributed by atoms with van der Waals surface area (Å²) in [6.07, 6.45) is 5.07. The molecular formula is C29H31Cl2FeN7. The van der Waals surface area contributed by atoms with Gasteiger partial charge in [0.2, 0.25) is 0 Å². The van der Waals surface area contributed by atoms with Gasteiger partial charge >= 0.3 is 17.1 Å². The number of para-hydroxylation sites is 4. The van der Waals surface area contributed by atoms with Crippen molar-refractivity contribution in [2.75, 3.05) is 26.2 Å². The quantitative estimate of drug-likeness (QED) is 0.239. The standard InChI is InChI=1S/C29H31N7.2ClH.Fe/c1-3-14-26-22(10-1)31-28(35(26)20-33-16-5-6-17-33)24-12-9-13-25(30-24)29-32-23-11-2-4-15-27(23)36(29)21-34-18-7-8-19-34;;;/h1-4,9-15H,5-8,16-21H2;2*1H;/q;;;+2/p-2. The number of hydrogen-bond donors (Lipinski definition) is 0. The smallest absolute Gasteiger partial charge is 1.00 e. The van der Waals surface area contributed by atoms with Crippen LogP contribution in [0, 0.1) is 0 Å².